The third-order valence-corrected chi connectivity index (χ3v) is 6.79. The van der Waals surface area contributed by atoms with Crippen molar-refractivity contribution in [2.75, 3.05) is 0 Å². The number of amides is 2. The molecule has 3 unspecified atom stereocenters. The maximum atomic E-state index is 12.6. The van der Waals surface area contributed by atoms with E-state index in [-0.39, 0.29) is 0 Å². The molecule has 2 saturated heterocycles. The summed E-state index contributed by atoms with van der Waals surface area (Å²) >= 11 is 0. The van der Waals surface area contributed by atoms with Crippen molar-refractivity contribution >= 4 is 28.6 Å². The van der Waals surface area contributed by atoms with Crippen LogP contribution in [-0.4, -0.2) is 54.2 Å². The molecule has 0 radical (unpaired) electrons. The van der Waals surface area contributed by atoms with Gasteiger partial charge in [0.1, 0.15) is 17.5 Å². The van der Waals surface area contributed by atoms with E-state index in [0.717, 1.165) is 10.5 Å². The fourth-order valence-corrected chi connectivity index (χ4v) is 5.14. The summed E-state index contributed by atoms with van der Waals surface area (Å²) in [7, 11) is -1.59. The van der Waals surface area contributed by atoms with E-state index in [1.807, 2.05) is 6.92 Å². The van der Waals surface area contributed by atoms with E-state index in [0.29, 0.717) is 5.56 Å². The Morgan fingerprint density at radius 1 is 1.25 bits per heavy atom. The lowest BCUT2D eigenvalue weighted by Crippen LogP contribution is -2.71. The summed E-state index contributed by atoms with van der Waals surface area (Å²) in [5.41, 5.74) is 1.39. The van der Waals surface area contributed by atoms with Crippen LogP contribution in [0.15, 0.2) is 24.3 Å². The molecule has 2 fully saturated rings. The second kappa shape index (κ2) is 5.41. The van der Waals surface area contributed by atoms with Crippen LogP contribution in [0, 0.1) is 6.92 Å². The highest BCUT2D eigenvalue weighted by atomic mass is 32.2. The molecule has 0 aliphatic carbocycles. The molecule has 0 aromatic heterocycles. The molecule has 2 heterocycles. The molecule has 0 bridgehead atoms. The van der Waals surface area contributed by atoms with Crippen LogP contribution in [0.1, 0.15) is 29.8 Å². The quantitative estimate of drug-likeness (QED) is 0.761. The van der Waals surface area contributed by atoms with E-state index in [2.05, 4.69) is 5.32 Å². The lowest BCUT2D eigenvalue weighted by atomic mass is 9.96. The van der Waals surface area contributed by atoms with Crippen LogP contribution >= 0.6 is 0 Å². The summed E-state index contributed by atoms with van der Waals surface area (Å²) in [6.45, 7) is 5.02. The zero-order valence-electron chi connectivity index (χ0n) is 13.5. The minimum atomic E-state index is -1.59. The van der Waals surface area contributed by atoms with Crippen LogP contribution in [-0.2, 0) is 20.4 Å². The average Bonchev–Trinajstić information content (AvgIpc) is 2.70. The number of rotatable bonds is 3. The van der Waals surface area contributed by atoms with Crippen molar-refractivity contribution < 1.29 is 23.7 Å². The maximum Gasteiger partial charge on any atom is 0.328 e. The Morgan fingerprint density at radius 3 is 2.38 bits per heavy atom. The number of carbonyl (C=O) groups is 3. The molecule has 8 heteroatoms. The number of carboxylic acids is 1. The van der Waals surface area contributed by atoms with Gasteiger partial charge in [-0.25, -0.2) is 4.79 Å². The van der Waals surface area contributed by atoms with Gasteiger partial charge in [-0.05, 0) is 32.9 Å². The fraction of sp³-hybridized carbons (Fsp3) is 0.438. The van der Waals surface area contributed by atoms with Gasteiger partial charge in [0.15, 0.2) is 0 Å². The number of hydrogen-bond donors (Lipinski definition) is 2. The summed E-state index contributed by atoms with van der Waals surface area (Å²) in [6.07, 6.45) is 0. The number of benzene rings is 1. The van der Waals surface area contributed by atoms with Gasteiger partial charge in [0.25, 0.3) is 5.91 Å². The van der Waals surface area contributed by atoms with E-state index < -0.39 is 50.8 Å². The normalized spacial score (nSPS) is 30.5. The van der Waals surface area contributed by atoms with E-state index in [4.69, 9.17) is 0 Å². The molecule has 2 aliphatic heterocycles. The van der Waals surface area contributed by atoms with Crippen molar-refractivity contribution in [1.29, 1.82) is 0 Å². The van der Waals surface area contributed by atoms with Crippen molar-refractivity contribution in [3.8, 4) is 0 Å². The minimum Gasteiger partial charge on any atom is -0.480 e. The third kappa shape index (κ3) is 2.24. The number of hydrogen-bond acceptors (Lipinski definition) is 4. The van der Waals surface area contributed by atoms with Crippen molar-refractivity contribution in [2.24, 2.45) is 0 Å². The first kappa shape index (κ1) is 16.6. The molecule has 7 nitrogen and oxygen atoms in total. The van der Waals surface area contributed by atoms with Crippen molar-refractivity contribution in [3.63, 3.8) is 0 Å². The molecule has 1 aromatic carbocycles. The van der Waals surface area contributed by atoms with E-state index in [9.17, 15) is 23.7 Å². The summed E-state index contributed by atoms with van der Waals surface area (Å²) in [5.74, 6) is -2.14. The monoisotopic (exact) mass is 350 g/mol. The Hall–Kier alpha value is -2.22. The Bertz CT molecular complexity index is 758. The minimum absolute atomic E-state index is 0.393. The van der Waals surface area contributed by atoms with E-state index in [1.54, 1.807) is 38.1 Å². The first-order chi connectivity index (χ1) is 11.2. The number of nitrogens with one attached hydrogen (secondary N) is 1. The lowest BCUT2D eigenvalue weighted by Gasteiger charge is -2.43. The standard InChI is InChI=1S/C16H18N2O5S/c1-8-4-6-9(7-5-8)12(19)17-10-13(20)18-11(15(21)22)16(2,3)24(23)14(10)18/h4-7,10-11,14H,1-3H3,(H,17,19)(H,21,22)/t10-,11?,14?,24?/m1/s1. The predicted octanol–water partition coefficient (Wildman–Crippen LogP) is 0.256. The zero-order valence-corrected chi connectivity index (χ0v) is 14.3. The number of β-lactam (4-membered cyclic amide) rings is 1. The van der Waals surface area contributed by atoms with Crippen LogP contribution in [0.4, 0.5) is 0 Å². The highest BCUT2D eigenvalue weighted by Crippen LogP contribution is 2.43. The van der Waals surface area contributed by atoms with Crippen LogP contribution in [0.3, 0.4) is 0 Å². The van der Waals surface area contributed by atoms with Gasteiger partial charge in [0, 0.05) is 5.56 Å². The first-order valence-corrected chi connectivity index (χ1v) is 8.70. The lowest BCUT2D eigenvalue weighted by molar-refractivity contribution is -0.159. The molecule has 24 heavy (non-hydrogen) atoms. The molecule has 0 spiro atoms. The van der Waals surface area contributed by atoms with Crippen molar-refractivity contribution in [3.05, 3.63) is 35.4 Å². The molecule has 1 aromatic rings. The molecule has 3 rings (SSSR count). The number of fused-ring (bicyclic) bond motifs is 1. The molecule has 2 N–H and O–H groups in total. The third-order valence-electron chi connectivity index (χ3n) is 4.59. The highest BCUT2D eigenvalue weighted by Gasteiger charge is 2.68. The van der Waals surface area contributed by atoms with Gasteiger partial charge in [0.2, 0.25) is 5.91 Å². The number of carbonyl (C=O) groups excluding carboxylic acids is 2. The summed E-state index contributed by atoms with van der Waals surface area (Å²) in [6, 6.07) is 4.73. The fourth-order valence-electron chi connectivity index (χ4n) is 3.22. The predicted molar refractivity (Wildman–Crippen MR) is 86.7 cm³/mol. The molecular weight excluding hydrogens is 332 g/mol. The Balaban J connectivity index is 1.82. The van der Waals surface area contributed by atoms with Crippen LogP contribution in [0.5, 0.6) is 0 Å². The molecule has 0 saturated carbocycles. The molecule has 4 atom stereocenters. The maximum absolute atomic E-state index is 12.6. The second-order valence-electron chi connectivity index (χ2n) is 6.59. The van der Waals surface area contributed by atoms with Crippen LogP contribution < -0.4 is 5.32 Å². The summed E-state index contributed by atoms with van der Waals surface area (Å²) < 4.78 is 11.6. The molecular formula is C16H18N2O5S. The Labute approximate surface area is 141 Å². The zero-order chi connectivity index (χ0) is 17.8. The molecule has 2 amide bonds. The van der Waals surface area contributed by atoms with Crippen LogP contribution in [0.25, 0.3) is 0 Å². The number of aliphatic carboxylic acids is 1. The smallest absolute Gasteiger partial charge is 0.328 e. The number of carboxylic acid groups (broad SMARTS) is 1. The number of nitrogens with zero attached hydrogens (tertiary/aromatic N) is 1. The van der Waals surface area contributed by atoms with Gasteiger partial charge in [-0.2, -0.15) is 0 Å². The van der Waals surface area contributed by atoms with Crippen LogP contribution in [0.2, 0.25) is 0 Å². The largest absolute Gasteiger partial charge is 0.480 e. The Kier molecular flexibility index (Phi) is 3.75. The summed E-state index contributed by atoms with van der Waals surface area (Å²) in [4.78, 5) is 37.2. The summed E-state index contributed by atoms with van der Waals surface area (Å²) in [5, 5.41) is 11.1. The first-order valence-electron chi connectivity index (χ1n) is 7.49. The average molecular weight is 350 g/mol. The van der Waals surface area contributed by atoms with Gasteiger partial charge in [0.05, 0.1) is 15.5 Å². The molecule has 128 valence electrons. The van der Waals surface area contributed by atoms with Crippen molar-refractivity contribution in [2.45, 2.75) is 43.0 Å². The highest BCUT2D eigenvalue weighted by molar-refractivity contribution is 7.87. The van der Waals surface area contributed by atoms with Gasteiger partial charge in [-0.1, -0.05) is 17.7 Å². The van der Waals surface area contributed by atoms with E-state index in [1.165, 1.54) is 0 Å². The van der Waals surface area contributed by atoms with Gasteiger partial charge < -0.3 is 15.3 Å². The van der Waals surface area contributed by atoms with Gasteiger partial charge in [-0.15, -0.1) is 0 Å². The van der Waals surface area contributed by atoms with Gasteiger partial charge >= 0.3 is 5.97 Å². The second-order valence-corrected chi connectivity index (χ2v) is 8.72. The molecule has 2 aliphatic rings. The van der Waals surface area contributed by atoms with E-state index >= 15 is 0 Å². The Morgan fingerprint density at radius 2 is 1.83 bits per heavy atom. The van der Waals surface area contributed by atoms with Crippen molar-refractivity contribution in [1.82, 2.24) is 10.2 Å². The number of aryl methyl sites for hydroxylation is 1. The SMILES string of the molecule is Cc1ccc(C(=O)N[C@@H]2C(=O)N3C2S(=O)C(C)(C)C3C(=O)O)cc1. The van der Waals surface area contributed by atoms with Gasteiger partial charge in [-0.3, -0.25) is 13.8 Å². The topological polar surface area (TPSA) is 104 Å².